The van der Waals surface area contributed by atoms with Crippen molar-refractivity contribution in [3.8, 4) is 11.1 Å². The maximum atomic E-state index is 13.6. The second-order valence-corrected chi connectivity index (χ2v) is 7.20. The third-order valence-electron chi connectivity index (χ3n) is 5.36. The van der Waals surface area contributed by atoms with Gasteiger partial charge in [-0.2, -0.15) is 10.2 Å². The number of H-pyrrole nitrogens is 1. The molecule has 5 rings (SSSR count). The molecule has 2 saturated heterocycles. The van der Waals surface area contributed by atoms with Crippen LogP contribution in [0.4, 0.5) is 10.2 Å². The molecule has 140 valence electrons. The zero-order valence-electron chi connectivity index (χ0n) is 14.7. The molecule has 9 heteroatoms. The van der Waals surface area contributed by atoms with Crippen LogP contribution in [0.5, 0.6) is 0 Å². The summed E-state index contributed by atoms with van der Waals surface area (Å²) in [6.45, 7) is 1.70. The number of carbonyl (C=O) groups excluding carboxylic acids is 1. The molecule has 3 aromatic heterocycles. The summed E-state index contributed by atoms with van der Waals surface area (Å²) in [5, 5.41) is 15.4. The zero-order valence-corrected chi connectivity index (χ0v) is 14.7. The predicted octanol–water partition coefficient (Wildman–Crippen LogP) is 1.82. The normalized spacial score (nSPS) is 23.1. The van der Waals surface area contributed by atoms with Crippen molar-refractivity contribution < 1.29 is 9.18 Å². The van der Waals surface area contributed by atoms with Crippen LogP contribution in [0.2, 0.25) is 0 Å². The number of hydrogen-bond donors (Lipinski definition) is 2. The minimum atomic E-state index is -0.807. The Kier molecular flexibility index (Phi) is 3.80. The number of alkyl halides is 1. The Hall–Kier alpha value is -2.97. The first-order valence-electron chi connectivity index (χ1n) is 9.22. The number of carbonyl (C=O) groups is 1. The lowest BCUT2D eigenvalue weighted by Gasteiger charge is -2.22. The Morgan fingerprint density at radius 1 is 1.22 bits per heavy atom. The molecule has 0 radical (unpaired) electrons. The maximum Gasteiger partial charge on any atom is 0.222 e. The van der Waals surface area contributed by atoms with Gasteiger partial charge in [0.25, 0.3) is 0 Å². The lowest BCUT2D eigenvalue weighted by molar-refractivity contribution is -0.123. The minimum absolute atomic E-state index is 0.0613. The molecule has 0 aliphatic carbocycles. The molecule has 2 unspecified atom stereocenters. The summed E-state index contributed by atoms with van der Waals surface area (Å²) in [5.74, 6) is 0.807. The van der Waals surface area contributed by atoms with Crippen LogP contribution in [-0.2, 0) is 4.79 Å². The fourth-order valence-electron chi connectivity index (χ4n) is 3.88. The summed E-state index contributed by atoms with van der Waals surface area (Å²) in [4.78, 5) is 18.0. The van der Waals surface area contributed by atoms with Gasteiger partial charge in [-0.1, -0.05) is 0 Å². The van der Waals surface area contributed by atoms with Gasteiger partial charge in [-0.15, -0.1) is 0 Å². The average Bonchev–Trinajstić information content (AvgIpc) is 3.40. The fourth-order valence-corrected chi connectivity index (χ4v) is 3.88. The highest BCUT2D eigenvalue weighted by atomic mass is 19.1. The predicted molar refractivity (Wildman–Crippen MR) is 98.1 cm³/mol. The average molecular weight is 369 g/mol. The van der Waals surface area contributed by atoms with Crippen LogP contribution in [0.3, 0.4) is 0 Å². The summed E-state index contributed by atoms with van der Waals surface area (Å²) in [7, 11) is 0. The van der Waals surface area contributed by atoms with E-state index in [4.69, 9.17) is 0 Å². The molecule has 0 aromatic carbocycles. The van der Waals surface area contributed by atoms with E-state index in [1.807, 2.05) is 21.8 Å². The van der Waals surface area contributed by atoms with Gasteiger partial charge < -0.3 is 10.2 Å². The summed E-state index contributed by atoms with van der Waals surface area (Å²) < 4.78 is 15.4. The minimum Gasteiger partial charge on any atom is -0.356 e. The van der Waals surface area contributed by atoms with Gasteiger partial charge in [0, 0.05) is 43.0 Å². The Balaban J connectivity index is 1.46. The van der Waals surface area contributed by atoms with Crippen molar-refractivity contribution in [2.45, 2.75) is 31.5 Å². The summed E-state index contributed by atoms with van der Waals surface area (Å²) >= 11 is 0. The van der Waals surface area contributed by atoms with E-state index in [9.17, 15) is 9.18 Å². The first-order valence-corrected chi connectivity index (χ1v) is 9.22. The largest absolute Gasteiger partial charge is 0.356 e. The van der Waals surface area contributed by atoms with Crippen LogP contribution in [-0.4, -0.2) is 56.7 Å². The highest BCUT2D eigenvalue weighted by molar-refractivity contribution is 5.90. The van der Waals surface area contributed by atoms with Crippen molar-refractivity contribution >= 4 is 22.8 Å². The van der Waals surface area contributed by atoms with E-state index < -0.39 is 6.17 Å². The van der Waals surface area contributed by atoms with Gasteiger partial charge in [0.2, 0.25) is 5.91 Å². The van der Waals surface area contributed by atoms with Gasteiger partial charge in [-0.25, -0.2) is 9.37 Å². The number of piperidine rings is 1. The van der Waals surface area contributed by atoms with Crippen molar-refractivity contribution in [1.29, 1.82) is 0 Å². The van der Waals surface area contributed by atoms with E-state index in [1.54, 1.807) is 12.4 Å². The lowest BCUT2D eigenvalue weighted by atomic mass is 10.1. The number of aromatic nitrogens is 5. The summed E-state index contributed by atoms with van der Waals surface area (Å²) in [6.07, 6.45) is 6.57. The van der Waals surface area contributed by atoms with E-state index >= 15 is 0 Å². The number of nitrogens with zero attached hydrogens (tertiary/aromatic N) is 5. The highest BCUT2D eigenvalue weighted by Crippen LogP contribution is 2.31. The van der Waals surface area contributed by atoms with Crippen LogP contribution in [0.1, 0.15) is 25.3 Å². The first kappa shape index (κ1) is 16.2. The molecule has 27 heavy (non-hydrogen) atoms. The molecule has 8 nitrogen and oxygen atoms in total. The van der Waals surface area contributed by atoms with E-state index in [-0.39, 0.29) is 11.9 Å². The highest BCUT2D eigenvalue weighted by Gasteiger charge is 2.26. The maximum absolute atomic E-state index is 13.6. The number of anilines is 1. The SMILES string of the molecule is O=C1CC(n2cc(-c3cnc4[nH]nc(N5CCC(F)C5)c4c3)cn2)CCN1. The fraction of sp³-hybridized carbons (Fsp3) is 0.444. The molecule has 2 N–H and O–H groups in total. The van der Waals surface area contributed by atoms with Crippen LogP contribution < -0.4 is 10.2 Å². The monoisotopic (exact) mass is 369 g/mol. The van der Waals surface area contributed by atoms with Crippen LogP contribution in [0, 0.1) is 0 Å². The first-order chi connectivity index (χ1) is 13.2. The van der Waals surface area contributed by atoms with Crippen molar-refractivity contribution in [3.05, 3.63) is 24.7 Å². The third kappa shape index (κ3) is 2.92. The van der Waals surface area contributed by atoms with E-state index in [0.717, 1.165) is 28.8 Å². The molecule has 2 fully saturated rings. The topological polar surface area (TPSA) is 91.7 Å². The number of halogens is 1. The molecular weight excluding hydrogens is 349 g/mol. The number of nitrogens with one attached hydrogen (secondary N) is 2. The molecule has 5 heterocycles. The van der Waals surface area contributed by atoms with E-state index in [2.05, 4.69) is 25.6 Å². The Bertz CT molecular complexity index is 997. The van der Waals surface area contributed by atoms with Gasteiger partial charge in [0.1, 0.15) is 6.17 Å². The number of amides is 1. The Morgan fingerprint density at radius 2 is 2.15 bits per heavy atom. The zero-order chi connectivity index (χ0) is 18.4. The molecule has 2 atom stereocenters. The van der Waals surface area contributed by atoms with Gasteiger partial charge in [-0.05, 0) is 18.9 Å². The molecular formula is C18H20FN7O. The standard InChI is InChI=1S/C18H20FN7O/c19-13-2-4-25(10-13)18-15-5-11(7-21-17(15)23-24-18)12-8-22-26(9-12)14-1-3-20-16(27)6-14/h5,7-9,13-14H,1-4,6,10H2,(H,20,27)(H,21,23,24). The van der Waals surface area contributed by atoms with Crippen LogP contribution in [0.25, 0.3) is 22.2 Å². The molecule has 2 aliphatic heterocycles. The molecule has 1 amide bonds. The molecule has 0 bridgehead atoms. The van der Waals surface area contributed by atoms with Gasteiger partial charge in [0.05, 0.1) is 24.2 Å². The molecule has 3 aromatic rings. The molecule has 2 aliphatic rings. The van der Waals surface area contributed by atoms with E-state index in [1.165, 1.54) is 0 Å². The lowest BCUT2D eigenvalue weighted by Crippen LogP contribution is -2.34. The molecule has 0 spiro atoms. The number of aromatic amines is 1. The quantitative estimate of drug-likeness (QED) is 0.735. The van der Waals surface area contributed by atoms with E-state index in [0.29, 0.717) is 38.1 Å². The molecule has 0 saturated carbocycles. The second-order valence-electron chi connectivity index (χ2n) is 7.20. The number of rotatable bonds is 3. The smallest absolute Gasteiger partial charge is 0.222 e. The van der Waals surface area contributed by atoms with Crippen LogP contribution in [0.15, 0.2) is 24.7 Å². The van der Waals surface area contributed by atoms with Crippen molar-refractivity contribution in [2.75, 3.05) is 24.5 Å². The Labute approximate surface area is 154 Å². The second kappa shape index (κ2) is 6.33. The van der Waals surface area contributed by atoms with Gasteiger partial charge in [-0.3, -0.25) is 14.6 Å². The number of fused-ring (bicyclic) bond motifs is 1. The Morgan fingerprint density at radius 3 is 2.96 bits per heavy atom. The van der Waals surface area contributed by atoms with Crippen molar-refractivity contribution in [3.63, 3.8) is 0 Å². The van der Waals surface area contributed by atoms with Crippen molar-refractivity contribution in [1.82, 2.24) is 30.3 Å². The van der Waals surface area contributed by atoms with Crippen LogP contribution >= 0.6 is 0 Å². The van der Waals surface area contributed by atoms with Crippen molar-refractivity contribution in [2.24, 2.45) is 0 Å². The summed E-state index contributed by atoms with van der Waals surface area (Å²) in [6, 6.07) is 2.10. The third-order valence-corrected chi connectivity index (χ3v) is 5.36. The van der Waals surface area contributed by atoms with Gasteiger partial charge in [0.15, 0.2) is 11.5 Å². The van der Waals surface area contributed by atoms with Gasteiger partial charge >= 0.3 is 0 Å². The number of pyridine rings is 1. The number of hydrogen-bond acceptors (Lipinski definition) is 5. The summed E-state index contributed by atoms with van der Waals surface area (Å²) in [5.41, 5.74) is 2.55.